The van der Waals surface area contributed by atoms with Crippen LogP contribution in [-0.4, -0.2) is 48.6 Å². The number of fused-ring (bicyclic) bond motifs is 3. The normalized spacial score (nSPS) is 28.6. The molecule has 2 N–H and O–H groups in total. The molecule has 3 saturated heterocycles. The molecule has 0 spiro atoms. The van der Waals surface area contributed by atoms with Crippen LogP contribution in [0.2, 0.25) is 0 Å². The highest BCUT2D eigenvalue weighted by Crippen LogP contribution is 2.34. The number of hydrogen-bond donors (Lipinski definition) is 2. The molecule has 4 nitrogen and oxygen atoms in total. The van der Waals surface area contributed by atoms with E-state index in [1.54, 1.807) is 0 Å². The second kappa shape index (κ2) is 6.49. The zero-order valence-corrected chi connectivity index (χ0v) is 15.8. The Morgan fingerprint density at radius 1 is 1.20 bits per heavy atom. The predicted octanol–water partition coefficient (Wildman–Crippen LogP) is 3.08. The van der Waals surface area contributed by atoms with E-state index in [2.05, 4.69) is 33.7 Å². The average Bonchev–Trinajstić information content (AvgIpc) is 3.36. The monoisotopic (exact) mass is 373 g/mol. The van der Waals surface area contributed by atoms with E-state index in [-0.39, 0.29) is 5.91 Å². The summed E-state index contributed by atoms with van der Waals surface area (Å²) in [5.41, 5.74) is 0.790. The quantitative estimate of drug-likeness (QED) is 0.868. The molecule has 25 heavy (non-hydrogen) atoms. The van der Waals surface area contributed by atoms with Crippen molar-refractivity contribution in [3.8, 4) is 0 Å². The molecule has 1 aromatic heterocycles. The van der Waals surface area contributed by atoms with Gasteiger partial charge in [-0.25, -0.2) is 0 Å². The molecule has 3 aliphatic heterocycles. The summed E-state index contributed by atoms with van der Waals surface area (Å²) in [5.74, 6) is 2.49. The number of rotatable bonds is 3. The highest BCUT2D eigenvalue weighted by molar-refractivity contribution is 7.99. The summed E-state index contributed by atoms with van der Waals surface area (Å²) >= 11 is 3.85. The van der Waals surface area contributed by atoms with Gasteiger partial charge in [0.05, 0.1) is 5.00 Å². The van der Waals surface area contributed by atoms with Crippen LogP contribution < -0.4 is 15.5 Å². The maximum Gasteiger partial charge on any atom is 0.251 e. The van der Waals surface area contributed by atoms with E-state index < -0.39 is 0 Å². The fourth-order valence-electron chi connectivity index (χ4n) is 4.33. The zero-order chi connectivity index (χ0) is 16.8. The molecule has 2 bridgehead atoms. The third-order valence-corrected chi connectivity index (χ3v) is 7.81. The van der Waals surface area contributed by atoms with Crippen molar-refractivity contribution < 1.29 is 4.79 Å². The van der Waals surface area contributed by atoms with Gasteiger partial charge in [-0.2, -0.15) is 11.8 Å². The van der Waals surface area contributed by atoms with Crippen LogP contribution in [0.4, 0.5) is 5.00 Å². The third-order valence-electron chi connectivity index (χ3n) is 5.71. The molecule has 0 unspecified atom stereocenters. The number of thioether (sulfide) groups is 1. The van der Waals surface area contributed by atoms with Crippen molar-refractivity contribution in [3.05, 3.63) is 29.8 Å². The molecular formula is C19H23N3OS2. The van der Waals surface area contributed by atoms with Crippen molar-refractivity contribution in [2.24, 2.45) is 0 Å². The Kier molecular flexibility index (Phi) is 4.14. The number of nitrogens with zero attached hydrogens (tertiary/aromatic N) is 1. The average molecular weight is 374 g/mol. The van der Waals surface area contributed by atoms with Gasteiger partial charge in [-0.1, -0.05) is 6.07 Å². The van der Waals surface area contributed by atoms with Gasteiger partial charge in [-0.3, -0.25) is 4.79 Å². The number of nitrogens with one attached hydrogen (secondary N) is 2. The van der Waals surface area contributed by atoms with E-state index in [9.17, 15) is 4.79 Å². The lowest BCUT2D eigenvalue weighted by atomic mass is 9.95. The standard InChI is InChI=1S/C19H23N3OS2/c23-19(21-16-11-14-3-4-15(16)20-14)13-2-1-12-10-18(25-17(12)9-13)22-5-7-24-8-6-22/h1-2,9-10,14-16,20H,3-8,11H2,(H,21,23)/t14-,15+,16-/m1/s1. The Bertz CT molecular complexity index is 799. The third kappa shape index (κ3) is 3.04. The number of anilines is 1. The first-order chi connectivity index (χ1) is 12.3. The fourth-order valence-corrected chi connectivity index (χ4v) is 6.39. The molecule has 3 fully saturated rings. The van der Waals surface area contributed by atoms with Crippen molar-refractivity contribution in [2.75, 3.05) is 29.5 Å². The van der Waals surface area contributed by atoms with E-state index in [0.717, 1.165) is 25.1 Å². The van der Waals surface area contributed by atoms with E-state index in [0.29, 0.717) is 18.1 Å². The molecule has 5 rings (SSSR count). The number of carbonyl (C=O) groups is 1. The first-order valence-corrected chi connectivity index (χ1v) is 11.2. The summed E-state index contributed by atoms with van der Waals surface area (Å²) in [6, 6.07) is 9.80. The van der Waals surface area contributed by atoms with E-state index >= 15 is 0 Å². The van der Waals surface area contributed by atoms with Gasteiger partial charge in [0.2, 0.25) is 0 Å². The van der Waals surface area contributed by atoms with Gasteiger partial charge in [-0.05, 0) is 42.8 Å². The molecule has 6 heteroatoms. The minimum Gasteiger partial charge on any atom is -0.362 e. The topological polar surface area (TPSA) is 44.4 Å². The molecule has 2 aromatic rings. The van der Waals surface area contributed by atoms with Crippen LogP contribution in [0.15, 0.2) is 24.3 Å². The summed E-state index contributed by atoms with van der Waals surface area (Å²) in [5, 5.41) is 9.42. The summed E-state index contributed by atoms with van der Waals surface area (Å²) in [6.07, 6.45) is 3.53. The van der Waals surface area contributed by atoms with E-state index in [1.807, 2.05) is 29.2 Å². The van der Waals surface area contributed by atoms with Crippen molar-refractivity contribution in [3.63, 3.8) is 0 Å². The van der Waals surface area contributed by atoms with Crippen molar-refractivity contribution in [1.29, 1.82) is 0 Å². The van der Waals surface area contributed by atoms with E-state index in [4.69, 9.17) is 0 Å². The Balaban J connectivity index is 1.34. The van der Waals surface area contributed by atoms with Crippen LogP contribution in [-0.2, 0) is 0 Å². The highest BCUT2D eigenvalue weighted by atomic mass is 32.2. The molecule has 0 saturated carbocycles. The maximum absolute atomic E-state index is 12.7. The van der Waals surface area contributed by atoms with Crippen molar-refractivity contribution in [1.82, 2.24) is 10.6 Å². The molecule has 3 aliphatic rings. The van der Waals surface area contributed by atoms with Gasteiger partial charge < -0.3 is 15.5 Å². The molecule has 4 heterocycles. The second-order valence-corrected chi connectivity index (χ2v) is 9.59. The lowest BCUT2D eigenvalue weighted by molar-refractivity contribution is 0.0931. The lowest BCUT2D eigenvalue weighted by Gasteiger charge is -2.26. The number of benzene rings is 1. The van der Waals surface area contributed by atoms with E-state index in [1.165, 1.54) is 39.4 Å². The summed E-state index contributed by atoms with van der Waals surface area (Å²) in [6.45, 7) is 2.25. The van der Waals surface area contributed by atoms with Crippen LogP contribution in [0.3, 0.4) is 0 Å². The number of hydrogen-bond acceptors (Lipinski definition) is 5. The smallest absolute Gasteiger partial charge is 0.251 e. The second-order valence-electron chi connectivity index (χ2n) is 7.30. The molecule has 1 amide bonds. The molecule has 0 radical (unpaired) electrons. The Hall–Kier alpha value is -1.24. The Labute approximate surface area is 156 Å². The molecule has 0 aliphatic carbocycles. The Morgan fingerprint density at radius 2 is 2.08 bits per heavy atom. The zero-order valence-electron chi connectivity index (χ0n) is 14.2. The number of thiophene rings is 1. The Morgan fingerprint density at radius 3 is 2.84 bits per heavy atom. The van der Waals surface area contributed by atoms with Gasteiger partial charge in [0.25, 0.3) is 5.91 Å². The lowest BCUT2D eigenvalue weighted by Crippen LogP contribution is -2.42. The highest BCUT2D eigenvalue weighted by Gasteiger charge is 2.39. The molecule has 1 aromatic carbocycles. The maximum atomic E-state index is 12.7. The van der Waals surface area contributed by atoms with Gasteiger partial charge in [0.1, 0.15) is 0 Å². The van der Waals surface area contributed by atoms with Crippen LogP contribution >= 0.6 is 23.1 Å². The first-order valence-electron chi connectivity index (χ1n) is 9.19. The fraction of sp³-hybridized carbons (Fsp3) is 0.526. The summed E-state index contributed by atoms with van der Waals surface area (Å²) in [7, 11) is 0. The van der Waals surface area contributed by atoms with Crippen molar-refractivity contribution >= 4 is 44.1 Å². The molecular weight excluding hydrogens is 350 g/mol. The van der Waals surface area contributed by atoms with Gasteiger partial charge in [-0.15, -0.1) is 11.3 Å². The van der Waals surface area contributed by atoms with Crippen LogP contribution in [0, 0.1) is 0 Å². The minimum atomic E-state index is 0.0746. The SMILES string of the molecule is O=C(N[C@@H]1C[C@H]2CC[C@@H]1N2)c1ccc2cc(N3CCSCC3)sc2c1. The number of amides is 1. The van der Waals surface area contributed by atoms with Crippen LogP contribution in [0.25, 0.3) is 10.1 Å². The molecule has 132 valence electrons. The van der Waals surface area contributed by atoms with Gasteiger partial charge >= 0.3 is 0 Å². The van der Waals surface area contributed by atoms with Crippen LogP contribution in [0.1, 0.15) is 29.6 Å². The predicted molar refractivity (Wildman–Crippen MR) is 107 cm³/mol. The van der Waals surface area contributed by atoms with Gasteiger partial charge in [0, 0.05) is 53.0 Å². The minimum absolute atomic E-state index is 0.0746. The number of carbonyl (C=O) groups excluding carboxylic acids is 1. The largest absolute Gasteiger partial charge is 0.362 e. The summed E-state index contributed by atoms with van der Waals surface area (Å²) < 4.78 is 1.21. The van der Waals surface area contributed by atoms with Crippen molar-refractivity contribution in [2.45, 2.75) is 37.4 Å². The summed E-state index contributed by atoms with van der Waals surface area (Å²) in [4.78, 5) is 15.2. The van der Waals surface area contributed by atoms with Crippen LogP contribution in [0.5, 0.6) is 0 Å². The first kappa shape index (κ1) is 16.0. The molecule has 3 atom stereocenters. The van der Waals surface area contributed by atoms with Gasteiger partial charge in [0.15, 0.2) is 0 Å².